The van der Waals surface area contributed by atoms with Crippen LogP contribution in [0.15, 0.2) is 0 Å². The third-order valence-electron chi connectivity index (χ3n) is 0.495. The van der Waals surface area contributed by atoms with Crippen LogP contribution in [0.2, 0.25) is 0 Å². The lowest BCUT2D eigenvalue weighted by atomic mass is 10.7. The molecular weight excluding hydrogens is 316 g/mol. The van der Waals surface area contributed by atoms with Crippen molar-refractivity contribution in [3.05, 3.63) is 0 Å². The average molecular weight is 319 g/mol. The molecule has 0 spiro atoms. The molecule has 0 bridgehead atoms. The summed E-state index contributed by atoms with van der Waals surface area (Å²) in [6.07, 6.45) is -19.1. The number of rotatable bonds is 0. The van der Waals surface area contributed by atoms with Gasteiger partial charge >= 0.3 is 35.7 Å². The molecule has 0 aromatic carbocycles. The number of nitrogens with one attached hydrogen (secondary N) is 1. The van der Waals surface area contributed by atoms with Gasteiger partial charge in [-0.15, -0.1) is 0 Å². The predicted octanol–water partition coefficient (Wildman–Crippen LogP) is 3.26. The van der Waals surface area contributed by atoms with Gasteiger partial charge in [0, 0.05) is 0 Å². The van der Waals surface area contributed by atoms with E-state index < -0.39 is 35.7 Å². The number of halogens is 10. The Kier molecular flexibility index (Phi) is 11.0. The van der Waals surface area contributed by atoms with E-state index in [1.807, 2.05) is 0 Å². The second-order valence-corrected chi connectivity index (χ2v) is 2.39. The van der Waals surface area contributed by atoms with E-state index in [-0.39, 0.29) is 0 Å². The van der Waals surface area contributed by atoms with Crippen LogP contribution in [0.25, 0.3) is 0 Å². The molecule has 0 rings (SSSR count). The van der Waals surface area contributed by atoms with Crippen molar-refractivity contribution in [2.45, 2.75) is 25.2 Å². The summed E-state index contributed by atoms with van der Waals surface area (Å²) in [6, 6.07) is 0. The van der Waals surface area contributed by atoms with Crippen molar-refractivity contribution >= 4 is 10.5 Å². The highest BCUT2D eigenvalue weighted by atomic mass is 32.2. The highest BCUT2D eigenvalue weighted by Crippen LogP contribution is 2.23. The molecule has 112 valence electrons. The summed E-state index contributed by atoms with van der Waals surface area (Å²) in [5.41, 5.74) is 0. The van der Waals surface area contributed by atoms with Gasteiger partial charge in [-0.25, -0.2) is 17.6 Å². The lowest BCUT2D eigenvalue weighted by Gasteiger charge is -2.00. The molecule has 3 nitrogen and oxygen atoms in total. The van der Waals surface area contributed by atoms with Crippen LogP contribution in [0.1, 0.15) is 0 Å². The zero-order valence-electron chi connectivity index (χ0n) is 7.66. The Morgan fingerprint density at radius 3 is 0.778 bits per heavy atom. The molecule has 0 aliphatic rings. The first-order chi connectivity index (χ1) is 7.62. The predicted molar refractivity (Wildman–Crippen MR) is 35.8 cm³/mol. The zero-order valence-corrected chi connectivity index (χ0v) is 8.48. The molecule has 0 radical (unpaired) electrons. The lowest BCUT2D eigenvalue weighted by Crippen LogP contribution is -2.18. The Labute approximate surface area is 93.9 Å². The van der Waals surface area contributed by atoms with Crippen LogP contribution < -0.4 is 0 Å². The molecule has 1 N–H and O–H groups in total. The van der Waals surface area contributed by atoms with Gasteiger partial charge in [0.15, 0.2) is 0 Å². The molecular formula is C4H3F10NO2S. The maximum atomic E-state index is 10.4. The van der Waals surface area contributed by atoms with E-state index in [4.69, 9.17) is 13.2 Å². The molecule has 0 amide bonds. The smallest absolute Gasteiger partial charge is 0.200 e. The highest BCUT2D eigenvalue weighted by molar-refractivity contribution is 7.60. The lowest BCUT2D eigenvalue weighted by molar-refractivity contribution is -0.219. The van der Waals surface area contributed by atoms with Crippen molar-refractivity contribution in [1.82, 2.24) is 0 Å². The fourth-order valence-corrected chi connectivity index (χ4v) is 0. The first kappa shape index (κ1) is 22.1. The maximum absolute atomic E-state index is 10.4. The standard InChI is InChI=1S/2C2HF5.HNO2S/c2*3-1(4)2(5,6)7;1-4(2)3/h2*1H;1H. The summed E-state index contributed by atoms with van der Waals surface area (Å²) in [7, 11) is -2.61. The van der Waals surface area contributed by atoms with Crippen LogP contribution in [0.4, 0.5) is 43.9 Å². The van der Waals surface area contributed by atoms with Gasteiger partial charge in [0.05, 0.1) is 0 Å². The van der Waals surface area contributed by atoms with E-state index in [0.29, 0.717) is 0 Å². The summed E-state index contributed by atoms with van der Waals surface area (Å²) < 4.78 is 127. The van der Waals surface area contributed by atoms with E-state index in [1.165, 1.54) is 0 Å². The Balaban J connectivity index is -0.000000196. The van der Waals surface area contributed by atoms with Crippen molar-refractivity contribution in [3.63, 3.8) is 0 Å². The molecule has 0 saturated carbocycles. The van der Waals surface area contributed by atoms with Gasteiger partial charge in [-0.3, -0.25) is 0 Å². The molecule has 0 saturated heterocycles. The maximum Gasteiger partial charge on any atom is 0.450 e. The van der Waals surface area contributed by atoms with E-state index in [9.17, 15) is 43.9 Å². The van der Waals surface area contributed by atoms with Crippen LogP contribution >= 0.6 is 0 Å². The summed E-state index contributed by atoms with van der Waals surface area (Å²) in [5.74, 6) is 0. The molecule has 0 aromatic heterocycles. The van der Waals surface area contributed by atoms with Crippen LogP contribution in [0.5, 0.6) is 0 Å². The molecule has 0 atom stereocenters. The van der Waals surface area contributed by atoms with Gasteiger partial charge in [-0.2, -0.15) is 39.5 Å². The van der Waals surface area contributed by atoms with Crippen LogP contribution in [-0.2, 0) is 10.5 Å². The highest BCUT2D eigenvalue weighted by Gasteiger charge is 2.40. The first-order valence-corrected chi connectivity index (χ1v) is 4.20. The van der Waals surface area contributed by atoms with Gasteiger partial charge in [0.25, 0.3) is 0 Å². The van der Waals surface area contributed by atoms with Crippen LogP contribution in [0.3, 0.4) is 0 Å². The number of hydrogen-bond acceptors (Lipinski definition) is 3. The van der Waals surface area contributed by atoms with E-state index in [1.54, 1.807) is 0 Å². The van der Waals surface area contributed by atoms with Crippen molar-refractivity contribution in [2.24, 2.45) is 0 Å². The van der Waals surface area contributed by atoms with Crippen molar-refractivity contribution in [1.29, 1.82) is 4.78 Å². The van der Waals surface area contributed by atoms with Crippen molar-refractivity contribution < 1.29 is 52.3 Å². The van der Waals surface area contributed by atoms with E-state index in [2.05, 4.69) is 0 Å². The van der Waals surface area contributed by atoms with Crippen LogP contribution in [-0.4, -0.2) is 33.6 Å². The van der Waals surface area contributed by atoms with Crippen LogP contribution in [0, 0.1) is 4.78 Å². The Morgan fingerprint density at radius 2 is 0.778 bits per heavy atom. The molecule has 0 heterocycles. The monoisotopic (exact) mass is 319 g/mol. The van der Waals surface area contributed by atoms with Crippen molar-refractivity contribution in [2.75, 3.05) is 0 Å². The largest absolute Gasteiger partial charge is 0.450 e. The van der Waals surface area contributed by atoms with E-state index in [0.717, 1.165) is 0 Å². The molecule has 14 heteroatoms. The zero-order chi connectivity index (χ0) is 15.7. The third-order valence-corrected chi connectivity index (χ3v) is 0.495. The fraction of sp³-hybridized carbons (Fsp3) is 1.00. The average Bonchev–Trinajstić information content (AvgIpc) is 1.99. The second-order valence-electron chi connectivity index (χ2n) is 1.92. The minimum absolute atomic E-state index is 2.61. The van der Waals surface area contributed by atoms with Gasteiger partial charge in [-0.1, -0.05) is 0 Å². The molecule has 0 fully saturated rings. The topological polar surface area (TPSA) is 58.0 Å². The molecule has 0 aliphatic carbocycles. The Morgan fingerprint density at radius 1 is 0.722 bits per heavy atom. The summed E-state index contributed by atoms with van der Waals surface area (Å²) in [5, 5.41) is 0. The third kappa shape index (κ3) is 24.2. The minimum Gasteiger partial charge on any atom is -0.200 e. The Bertz CT molecular complexity index is 276. The molecule has 0 aromatic rings. The Hall–Kier alpha value is -1.08. The van der Waals surface area contributed by atoms with Gasteiger partial charge in [-0.05, 0) is 0 Å². The summed E-state index contributed by atoms with van der Waals surface area (Å²) in [6.45, 7) is 0. The van der Waals surface area contributed by atoms with Crippen molar-refractivity contribution in [3.8, 4) is 0 Å². The normalized spacial score (nSPS) is 11.3. The number of hydrogen-bond donors (Lipinski definition) is 1. The van der Waals surface area contributed by atoms with Gasteiger partial charge < -0.3 is 0 Å². The van der Waals surface area contributed by atoms with E-state index >= 15 is 0 Å². The minimum atomic E-state index is -5.33. The molecule has 18 heavy (non-hydrogen) atoms. The first-order valence-electron chi connectivity index (χ1n) is 3.12. The SMILES string of the molecule is FC(F)C(F)(F)F.FC(F)C(F)(F)F.N=S(=O)=O. The van der Waals surface area contributed by atoms with Gasteiger partial charge in [0.2, 0.25) is 0 Å². The van der Waals surface area contributed by atoms with Gasteiger partial charge in [0.1, 0.15) is 0 Å². The molecule has 0 aliphatic heterocycles. The molecule has 0 unspecified atom stereocenters. The fourth-order valence-electron chi connectivity index (χ4n) is 0. The second kappa shape index (κ2) is 8.93. The number of alkyl halides is 10. The quantitative estimate of drug-likeness (QED) is 0.697. The summed E-state index contributed by atoms with van der Waals surface area (Å²) in [4.78, 5) is 0. The summed E-state index contributed by atoms with van der Waals surface area (Å²) >= 11 is 0.